The maximum atomic E-state index is 4.25. The van der Waals surface area contributed by atoms with Gasteiger partial charge >= 0.3 is 0 Å². The fourth-order valence-corrected chi connectivity index (χ4v) is 1.66. The van der Waals surface area contributed by atoms with Gasteiger partial charge in [-0.05, 0) is 11.0 Å². The Morgan fingerprint density at radius 2 is 1.86 bits per heavy atom. The van der Waals surface area contributed by atoms with Crippen LogP contribution in [0, 0.1) is 0 Å². The number of hydrogen-bond donors (Lipinski definition) is 0. The van der Waals surface area contributed by atoms with Crippen molar-refractivity contribution in [1.29, 1.82) is 0 Å². The Morgan fingerprint density at radius 3 is 2.50 bits per heavy atom. The van der Waals surface area contributed by atoms with Gasteiger partial charge in [0.1, 0.15) is 0 Å². The van der Waals surface area contributed by atoms with Crippen molar-refractivity contribution in [3.05, 3.63) is 24.2 Å². The first-order valence-corrected chi connectivity index (χ1v) is 4.76. The van der Waals surface area contributed by atoms with Crippen molar-refractivity contribution < 1.29 is 0 Å². The van der Waals surface area contributed by atoms with E-state index >= 15 is 0 Å². The van der Waals surface area contributed by atoms with E-state index in [-0.39, 0.29) is 5.41 Å². The van der Waals surface area contributed by atoms with Gasteiger partial charge in [-0.25, -0.2) is 0 Å². The Balaban J connectivity index is 2.79. The van der Waals surface area contributed by atoms with Crippen LogP contribution in [0.4, 0.5) is 0 Å². The van der Waals surface area contributed by atoms with Gasteiger partial charge in [0.2, 0.25) is 0 Å². The van der Waals surface area contributed by atoms with Gasteiger partial charge in [0.15, 0.2) is 0 Å². The highest BCUT2D eigenvalue weighted by molar-refractivity contribution is 5.82. The predicted molar refractivity (Wildman–Crippen MR) is 57.2 cm³/mol. The third-order valence-corrected chi connectivity index (χ3v) is 2.48. The summed E-state index contributed by atoms with van der Waals surface area (Å²) in [6, 6.07) is 0. The minimum absolute atomic E-state index is 0.121. The zero-order valence-electron chi connectivity index (χ0n) is 9.07. The number of hydrogen-bond acceptors (Lipinski definition) is 2. The quantitative estimate of drug-likeness (QED) is 0.636. The lowest BCUT2D eigenvalue weighted by molar-refractivity contribution is 0.593. The topological polar surface area (TPSA) is 30.7 Å². The molecular weight excluding hydrogens is 174 g/mol. The summed E-state index contributed by atoms with van der Waals surface area (Å²) in [5, 5.41) is 5.45. The Bertz CT molecular complexity index is 463. The minimum Gasteiger partial charge on any atom is -0.266 e. The molecule has 3 nitrogen and oxygen atoms in total. The zero-order valence-corrected chi connectivity index (χ0v) is 9.07. The summed E-state index contributed by atoms with van der Waals surface area (Å²) in [7, 11) is 1.94. The predicted octanol–water partition coefficient (Wildman–Crippen LogP) is 2.27. The molecule has 0 bridgehead atoms. The molecule has 0 aliphatic rings. The first kappa shape index (κ1) is 9.19. The number of fused-ring (bicyclic) bond motifs is 1. The van der Waals surface area contributed by atoms with E-state index in [0.29, 0.717) is 0 Å². The van der Waals surface area contributed by atoms with E-state index in [2.05, 4.69) is 30.9 Å². The second-order valence-electron chi connectivity index (χ2n) is 4.64. The van der Waals surface area contributed by atoms with E-state index < -0.39 is 0 Å². The summed E-state index contributed by atoms with van der Waals surface area (Å²) in [6.07, 6.45) is 5.71. The maximum absolute atomic E-state index is 4.25. The minimum atomic E-state index is 0.121. The smallest absolute Gasteiger partial charge is 0.0865 e. The van der Waals surface area contributed by atoms with Crippen LogP contribution in [0.2, 0.25) is 0 Å². The van der Waals surface area contributed by atoms with Crippen molar-refractivity contribution >= 4 is 10.9 Å². The molecule has 0 amide bonds. The van der Waals surface area contributed by atoms with Gasteiger partial charge in [0.05, 0.1) is 17.9 Å². The molecule has 0 fully saturated rings. The third-order valence-electron chi connectivity index (χ3n) is 2.48. The molecule has 0 saturated heterocycles. The molecule has 2 rings (SSSR count). The average molecular weight is 189 g/mol. The van der Waals surface area contributed by atoms with Crippen LogP contribution in [0.25, 0.3) is 10.9 Å². The highest BCUT2D eigenvalue weighted by Crippen LogP contribution is 2.28. The summed E-state index contributed by atoms with van der Waals surface area (Å²) in [4.78, 5) is 4.25. The average Bonchev–Trinajstić information content (AvgIpc) is 2.46. The summed E-state index contributed by atoms with van der Waals surface area (Å²) < 4.78 is 1.86. The molecule has 0 aliphatic carbocycles. The molecule has 0 unspecified atom stereocenters. The molecule has 2 heterocycles. The lowest BCUT2D eigenvalue weighted by Crippen LogP contribution is -2.11. The van der Waals surface area contributed by atoms with Crippen LogP contribution in [-0.4, -0.2) is 14.8 Å². The summed E-state index contributed by atoms with van der Waals surface area (Å²) in [5.41, 5.74) is 2.47. The van der Waals surface area contributed by atoms with Crippen LogP contribution < -0.4 is 0 Å². The van der Waals surface area contributed by atoms with Crippen LogP contribution in [-0.2, 0) is 12.5 Å². The lowest BCUT2D eigenvalue weighted by atomic mass is 9.86. The first-order valence-electron chi connectivity index (χ1n) is 4.76. The Kier molecular flexibility index (Phi) is 1.84. The summed E-state index contributed by atoms with van der Waals surface area (Å²) in [5.74, 6) is 0. The molecule has 2 aromatic rings. The number of aryl methyl sites for hydroxylation is 1. The van der Waals surface area contributed by atoms with Gasteiger partial charge in [-0.2, -0.15) is 5.10 Å². The molecule has 2 aromatic heterocycles. The molecular formula is C11H15N3. The highest BCUT2D eigenvalue weighted by atomic mass is 15.2. The van der Waals surface area contributed by atoms with Crippen molar-refractivity contribution in [3.8, 4) is 0 Å². The highest BCUT2D eigenvalue weighted by Gasteiger charge is 2.18. The summed E-state index contributed by atoms with van der Waals surface area (Å²) in [6.45, 7) is 6.57. The van der Waals surface area contributed by atoms with Crippen molar-refractivity contribution in [1.82, 2.24) is 14.8 Å². The van der Waals surface area contributed by atoms with Gasteiger partial charge in [0, 0.05) is 18.6 Å². The molecule has 0 spiro atoms. The molecule has 0 aromatic carbocycles. The van der Waals surface area contributed by atoms with Gasteiger partial charge in [0.25, 0.3) is 0 Å². The van der Waals surface area contributed by atoms with E-state index in [1.807, 2.05) is 30.3 Å². The van der Waals surface area contributed by atoms with Gasteiger partial charge < -0.3 is 0 Å². The largest absolute Gasteiger partial charge is 0.266 e. The van der Waals surface area contributed by atoms with E-state index in [1.54, 1.807) is 0 Å². The van der Waals surface area contributed by atoms with Gasteiger partial charge in [-0.1, -0.05) is 20.8 Å². The number of nitrogens with zero attached hydrogens (tertiary/aromatic N) is 3. The lowest BCUT2D eigenvalue weighted by Gasteiger charge is -2.19. The number of rotatable bonds is 0. The van der Waals surface area contributed by atoms with E-state index in [0.717, 1.165) is 5.52 Å². The number of aromatic nitrogens is 3. The Morgan fingerprint density at radius 1 is 1.14 bits per heavy atom. The molecule has 0 radical (unpaired) electrons. The van der Waals surface area contributed by atoms with Crippen molar-refractivity contribution in [3.63, 3.8) is 0 Å². The molecule has 14 heavy (non-hydrogen) atoms. The van der Waals surface area contributed by atoms with Crippen LogP contribution >= 0.6 is 0 Å². The van der Waals surface area contributed by atoms with Gasteiger partial charge in [-0.15, -0.1) is 0 Å². The molecule has 3 heteroatoms. The van der Waals surface area contributed by atoms with Crippen LogP contribution in [0.15, 0.2) is 18.6 Å². The van der Waals surface area contributed by atoms with Crippen LogP contribution in [0.5, 0.6) is 0 Å². The van der Waals surface area contributed by atoms with E-state index in [4.69, 9.17) is 0 Å². The SMILES string of the molecule is Cn1ncc2c(C(C)(C)C)cncc21. The Hall–Kier alpha value is -1.38. The fourth-order valence-electron chi connectivity index (χ4n) is 1.66. The third kappa shape index (κ3) is 1.29. The second kappa shape index (κ2) is 2.80. The van der Waals surface area contributed by atoms with Crippen molar-refractivity contribution in [2.45, 2.75) is 26.2 Å². The molecule has 0 N–H and O–H groups in total. The van der Waals surface area contributed by atoms with Crippen LogP contribution in [0.1, 0.15) is 26.3 Å². The number of pyridine rings is 1. The molecule has 74 valence electrons. The first-order chi connectivity index (χ1) is 6.50. The normalized spacial score (nSPS) is 12.3. The molecule has 0 aliphatic heterocycles. The zero-order chi connectivity index (χ0) is 10.3. The second-order valence-corrected chi connectivity index (χ2v) is 4.64. The fraction of sp³-hybridized carbons (Fsp3) is 0.455. The van der Waals surface area contributed by atoms with Crippen molar-refractivity contribution in [2.75, 3.05) is 0 Å². The maximum Gasteiger partial charge on any atom is 0.0865 e. The monoisotopic (exact) mass is 189 g/mol. The van der Waals surface area contributed by atoms with Gasteiger partial charge in [-0.3, -0.25) is 9.67 Å². The van der Waals surface area contributed by atoms with E-state index in [1.165, 1.54) is 10.9 Å². The standard InChI is InChI=1S/C11H15N3/c1-11(2,3)9-6-12-7-10-8(9)5-13-14(10)4/h5-7H,1-4H3. The van der Waals surface area contributed by atoms with Crippen molar-refractivity contribution in [2.24, 2.45) is 7.05 Å². The summed E-state index contributed by atoms with van der Waals surface area (Å²) >= 11 is 0. The molecule has 0 atom stereocenters. The van der Waals surface area contributed by atoms with E-state index in [9.17, 15) is 0 Å². The van der Waals surface area contributed by atoms with Crippen LogP contribution in [0.3, 0.4) is 0 Å². The Labute approximate surface area is 83.8 Å². The molecule has 0 saturated carbocycles.